The number of anilines is 1. The molecule has 1 aromatic heterocycles. The van der Waals surface area contributed by atoms with E-state index in [1.165, 1.54) is 0 Å². The third-order valence-corrected chi connectivity index (χ3v) is 4.51. The molecule has 0 atom stereocenters. The van der Waals surface area contributed by atoms with Crippen molar-refractivity contribution in [3.8, 4) is 5.75 Å². The molecule has 154 valence electrons. The van der Waals surface area contributed by atoms with Gasteiger partial charge in [0.25, 0.3) is 5.91 Å². The number of nitrogens with zero attached hydrogens (tertiary/aromatic N) is 1. The van der Waals surface area contributed by atoms with E-state index in [9.17, 15) is 9.59 Å². The van der Waals surface area contributed by atoms with Crippen LogP contribution in [-0.2, 0) is 11.2 Å². The zero-order valence-electron chi connectivity index (χ0n) is 16.8. The van der Waals surface area contributed by atoms with Gasteiger partial charge in [0.2, 0.25) is 0 Å². The topological polar surface area (TPSA) is 102 Å². The summed E-state index contributed by atoms with van der Waals surface area (Å²) in [6.45, 7) is 6.30. The first-order chi connectivity index (χ1) is 14.0. The summed E-state index contributed by atoms with van der Waals surface area (Å²) in [6, 6.07) is 7.14. The predicted molar refractivity (Wildman–Crippen MR) is 109 cm³/mol. The number of hydrogen-bond donors (Lipinski definition) is 2. The summed E-state index contributed by atoms with van der Waals surface area (Å²) in [5.41, 5.74) is 5.20. The van der Waals surface area contributed by atoms with Crippen molar-refractivity contribution in [3.63, 3.8) is 0 Å². The number of amides is 2. The summed E-state index contributed by atoms with van der Waals surface area (Å²) in [5, 5.41) is 7.02. The number of aryl methyl sites for hydroxylation is 1. The molecule has 8 heteroatoms. The number of carbonyl (C=O) groups is 2. The predicted octanol–water partition coefficient (Wildman–Crippen LogP) is 4.03. The molecule has 3 rings (SSSR count). The summed E-state index contributed by atoms with van der Waals surface area (Å²) in [7, 11) is 0. The first kappa shape index (κ1) is 20.4. The Kier molecular flexibility index (Phi) is 6.54. The van der Waals surface area contributed by atoms with Crippen LogP contribution in [0, 0.1) is 6.92 Å². The van der Waals surface area contributed by atoms with Gasteiger partial charge in [-0.3, -0.25) is 4.79 Å². The third kappa shape index (κ3) is 4.77. The molecule has 2 N–H and O–H groups in total. The Morgan fingerprint density at radius 1 is 1.14 bits per heavy atom. The minimum atomic E-state index is -0.610. The first-order valence-corrected chi connectivity index (χ1v) is 9.69. The Morgan fingerprint density at radius 2 is 1.90 bits per heavy atom. The Hall–Kier alpha value is -3.29. The van der Waals surface area contributed by atoms with Gasteiger partial charge in [0.1, 0.15) is 11.5 Å². The van der Waals surface area contributed by atoms with Crippen LogP contribution in [0.15, 0.2) is 33.8 Å². The molecule has 0 aliphatic heterocycles. The van der Waals surface area contributed by atoms with Gasteiger partial charge in [-0.15, -0.1) is 0 Å². The fourth-order valence-corrected chi connectivity index (χ4v) is 3.26. The molecule has 1 aromatic carbocycles. The second kappa shape index (κ2) is 9.27. The van der Waals surface area contributed by atoms with Crippen molar-refractivity contribution in [1.82, 2.24) is 5.43 Å². The van der Waals surface area contributed by atoms with E-state index >= 15 is 0 Å². The lowest BCUT2D eigenvalue weighted by molar-refractivity contribution is 0.0994. The summed E-state index contributed by atoms with van der Waals surface area (Å²) in [4.78, 5) is 24.3. The van der Waals surface area contributed by atoms with E-state index in [1.54, 1.807) is 31.2 Å². The molecule has 0 spiro atoms. The standard InChI is InChI=1S/C21H25N3O5/c1-4-27-15-11-9-14(10-12-15)22-20(25)19-13(3)18-16(7-6-8-17(18)29-19)23-24-21(26)28-5-2/h9-12H,4-8H2,1-3H3,(H,22,25)(H,24,26)/b23-16+. The van der Waals surface area contributed by atoms with Crippen LogP contribution in [0.3, 0.4) is 0 Å². The van der Waals surface area contributed by atoms with E-state index in [0.717, 1.165) is 17.7 Å². The Balaban J connectivity index is 1.78. The number of benzene rings is 1. The molecule has 1 heterocycles. The highest BCUT2D eigenvalue weighted by Gasteiger charge is 2.28. The molecule has 0 unspecified atom stereocenters. The van der Waals surface area contributed by atoms with Gasteiger partial charge in [0.15, 0.2) is 5.76 Å². The lowest BCUT2D eigenvalue weighted by atomic mass is 9.93. The van der Waals surface area contributed by atoms with E-state index in [2.05, 4.69) is 15.8 Å². The van der Waals surface area contributed by atoms with Gasteiger partial charge >= 0.3 is 6.09 Å². The van der Waals surface area contributed by atoms with E-state index in [1.807, 2.05) is 13.8 Å². The second-order valence-corrected chi connectivity index (χ2v) is 6.51. The first-order valence-electron chi connectivity index (χ1n) is 9.69. The van der Waals surface area contributed by atoms with Gasteiger partial charge in [0.05, 0.1) is 18.9 Å². The van der Waals surface area contributed by atoms with Gasteiger partial charge in [0, 0.05) is 23.2 Å². The normalized spacial score (nSPS) is 14.2. The highest BCUT2D eigenvalue weighted by atomic mass is 16.5. The average molecular weight is 399 g/mol. The minimum absolute atomic E-state index is 0.245. The fourth-order valence-electron chi connectivity index (χ4n) is 3.26. The lowest BCUT2D eigenvalue weighted by Gasteiger charge is -2.13. The minimum Gasteiger partial charge on any atom is -0.494 e. The van der Waals surface area contributed by atoms with E-state index in [-0.39, 0.29) is 18.3 Å². The molecule has 0 saturated carbocycles. The SMILES string of the molecule is CCOC(=O)N/N=C1\CCCc2oc(C(=O)Nc3ccc(OCC)cc3)c(C)c21. The van der Waals surface area contributed by atoms with E-state index < -0.39 is 6.09 Å². The highest BCUT2D eigenvalue weighted by molar-refractivity contribution is 6.09. The Morgan fingerprint density at radius 3 is 2.59 bits per heavy atom. The molecular weight excluding hydrogens is 374 g/mol. The zero-order chi connectivity index (χ0) is 20.8. The molecular formula is C21H25N3O5. The molecule has 2 amide bonds. The van der Waals surface area contributed by atoms with Crippen LogP contribution in [0.25, 0.3) is 0 Å². The van der Waals surface area contributed by atoms with Crippen LogP contribution >= 0.6 is 0 Å². The Labute approximate surface area is 169 Å². The molecule has 0 radical (unpaired) electrons. The van der Waals surface area contributed by atoms with E-state index in [4.69, 9.17) is 13.9 Å². The van der Waals surface area contributed by atoms with Crippen LogP contribution in [0.1, 0.15) is 54.1 Å². The molecule has 1 aliphatic rings. The van der Waals surface area contributed by atoms with Gasteiger partial charge in [-0.1, -0.05) is 0 Å². The lowest BCUT2D eigenvalue weighted by Crippen LogP contribution is -2.22. The average Bonchev–Trinajstić information content (AvgIpc) is 3.06. The fraction of sp³-hybridized carbons (Fsp3) is 0.381. The maximum absolute atomic E-state index is 12.8. The van der Waals surface area contributed by atoms with Gasteiger partial charge in [-0.2, -0.15) is 5.10 Å². The maximum atomic E-state index is 12.8. The van der Waals surface area contributed by atoms with Crippen molar-refractivity contribution in [3.05, 3.63) is 46.9 Å². The van der Waals surface area contributed by atoms with Gasteiger partial charge in [-0.05, 0) is 57.9 Å². The summed E-state index contributed by atoms with van der Waals surface area (Å²) in [6.07, 6.45) is 1.61. The third-order valence-electron chi connectivity index (χ3n) is 4.51. The molecule has 29 heavy (non-hydrogen) atoms. The molecule has 2 aromatic rings. The van der Waals surface area contributed by atoms with Gasteiger partial charge < -0.3 is 19.2 Å². The molecule has 0 saturated heterocycles. The summed E-state index contributed by atoms with van der Waals surface area (Å²) < 4.78 is 16.1. The van der Waals surface area contributed by atoms with Crippen LogP contribution in [0.2, 0.25) is 0 Å². The number of rotatable bonds is 6. The summed E-state index contributed by atoms with van der Waals surface area (Å²) in [5.74, 6) is 1.36. The largest absolute Gasteiger partial charge is 0.494 e. The molecule has 0 bridgehead atoms. The quantitative estimate of drug-likeness (QED) is 0.714. The number of fused-ring (bicyclic) bond motifs is 1. The van der Waals surface area contributed by atoms with Crippen LogP contribution < -0.4 is 15.5 Å². The second-order valence-electron chi connectivity index (χ2n) is 6.51. The molecule has 8 nitrogen and oxygen atoms in total. The van der Waals surface area contributed by atoms with Crippen LogP contribution in [0.5, 0.6) is 5.75 Å². The number of carbonyl (C=O) groups excluding carboxylic acids is 2. The zero-order valence-corrected chi connectivity index (χ0v) is 16.8. The van der Waals surface area contributed by atoms with Crippen LogP contribution in [-0.4, -0.2) is 30.9 Å². The van der Waals surface area contributed by atoms with Crippen molar-refractivity contribution >= 4 is 23.4 Å². The van der Waals surface area contributed by atoms with E-state index in [0.29, 0.717) is 42.2 Å². The number of hydrogen-bond acceptors (Lipinski definition) is 6. The van der Waals surface area contributed by atoms with Crippen LogP contribution in [0.4, 0.5) is 10.5 Å². The molecule has 1 aliphatic carbocycles. The maximum Gasteiger partial charge on any atom is 0.427 e. The van der Waals surface area contributed by atoms with Crippen molar-refractivity contribution < 1.29 is 23.5 Å². The number of hydrazone groups is 1. The van der Waals surface area contributed by atoms with Crippen molar-refractivity contribution in [2.24, 2.45) is 5.10 Å². The Bertz CT molecular complexity index is 915. The van der Waals surface area contributed by atoms with Crippen molar-refractivity contribution in [2.75, 3.05) is 18.5 Å². The van der Waals surface area contributed by atoms with Crippen molar-refractivity contribution in [1.29, 1.82) is 0 Å². The molecule has 0 fully saturated rings. The van der Waals surface area contributed by atoms with Crippen molar-refractivity contribution in [2.45, 2.75) is 40.0 Å². The number of furan rings is 1. The smallest absolute Gasteiger partial charge is 0.427 e. The number of nitrogens with one attached hydrogen (secondary N) is 2. The summed E-state index contributed by atoms with van der Waals surface area (Å²) >= 11 is 0. The monoisotopic (exact) mass is 399 g/mol. The number of ether oxygens (including phenoxy) is 2. The van der Waals surface area contributed by atoms with Gasteiger partial charge in [-0.25, -0.2) is 10.2 Å². The highest BCUT2D eigenvalue weighted by Crippen LogP contribution is 2.30.